The summed E-state index contributed by atoms with van der Waals surface area (Å²) in [5.74, 6) is 0.765. The lowest BCUT2D eigenvalue weighted by atomic mass is 10.0. The van der Waals surface area contributed by atoms with Crippen LogP contribution in [0.15, 0.2) is 0 Å². The topological polar surface area (TPSA) is 58.4 Å². The number of amides is 1. The van der Waals surface area contributed by atoms with Gasteiger partial charge in [0.15, 0.2) is 0 Å². The fourth-order valence-electron chi connectivity index (χ4n) is 2.04. The molecule has 1 saturated heterocycles. The Morgan fingerprint density at radius 2 is 2.40 bits per heavy atom. The van der Waals surface area contributed by atoms with Crippen LogP contribution in [0.2, 0.25) is 0 Å². The summed E-state index contributed by atoms with van der Waals surface area (Å²) in [6.45, 7) is 7.75. The van der Waals surface area contributed by atoms with Crippen molar-refractivity contribution in [2.75, 3.05) is 26.2 Å². The first kappa shape index (κ1) is 12.5. The minimum Gasteiger partial charge on any atom is -0.356 e. The molecule has 1 rings (SSSR count). The van der Waals surface area contributed by atoms with E-state index in [4.69, 9.17) is 5.73 Å². The number of nitrogens with zero attached hydrogens (tertiary/aromatic N) is 1. The smallest absolute Gasteiger partial charge is 0.221 e. The number of carbonyl (C=O) groups excluding carboxylic acids is 1. The summed E-state index contributed by atoms with van der Waals surface area (Å²) in [6, 6.07) is 0.277. The Balaban J connectivity index is 2.16. The van der Waals surface area contributed by atoms with Gasteiger partial charge in [-0.15, -0.1) is 0 Å². The number of nitrogens with two attached hydrogens (primary N) is 1. The highest BCUT2D eigenvalue weighted by atomic mass is 16.1. The van der Waals surface area contributed by atoms with Crippen molar-refractivity contribution in [2.24, 2.45) is 11.7 Å². The molecule has 0 spiro atoms. The first-order chi connectivity index (χ1) is 7.13. The Hall–Kier alpha value is -0.610. The summed E-state index contributed by atoms with van der Waals surface area (Å²) in [5.41, 5.74) is 5.86. The number of likely N-dealkylation sites (tertiary alicyclic amines) is 1. The Labute approximate surface area is 92.2 Å². The van der Waals surface area contributed by atoms with Crippen LogP contribution in [0.4, 0.5) is 0 Å². The zero-order chi connectivity index (χ0) is 11.3. The molecule has 2 atom stereocenters. The molecule has 4 heteroatoms. The summed E-state index contributed by atoms with van der Waals surface area (Å²) in [4.78, 5) is 13.6. The number of rotatable bonds is 5. The van der Waals surface area contributed by atoms with Gasteiger partial charge in [0, 0.05) is 32.1 Å². The van der Waals surface area contributed by atoms with Gasteiger partial charge < -0.3 is 16.0 Å². The third-order valence-corrected chi connectivity index (χ3v) is 3.08. The second-order valence-corrected chi connectivity index (χ2v) is 4.41. The molecule has 0 aliphatic carbocycles. The molecule has 15 heavy (non-hydrogen) atoms. The van der Waals surface area contributed by atoms with Crippen molar-refractivity contribution in [3.8, 4) is 0 Å². The van der Waals surface area contributed by atoms with E-state index in [1.54, 1.807) is 0 Å². The van der Waals surface area contributed by atoms with Crippen molar-refractivity contribution in [1.29, 1.82) is 0 Å². The van der Waals surface area contributed by atoms with Crippen LogP contribution in [0, 0.1) is 5.92 Å². The normalized spacial score (nSPS) is 24.1. The monoisotopic (exact) mass is 213 g/mol. The van der Waals surface area contributed by atoms with E-state index in [0.29, 0.717) is 12.3 Å². The van der Waals surface area contributed by atoms with E-state index in [9.17, 15) is 4.79 Å². The summed E-state index contributed by atoms with van der Waals surface area (Å²) in [6.07, 6.45) is 1.78. The molecule has 1 aliphatic heterocycles. The minimum atomic E-state index is 0.154. The van der Waals surface area contributed by atoms with Gasteiger partial charge >= 0.3 is 0 Å². The molecule has 4 nitrogen and oxygen atoms in total. The van der Waals surface area contributed by atoms with E-state index in [1.165, 1.54) is 6.42 Å². The third-order valence-electron chi connectivity index (χ3n) is 3.08. The fraction of sp³-hybridized carbons (Fsp3) is 0.909. The quantitative estimate of drug-likeness (QED) is 0.685. The summed E-state index contributed by atoms with van der Waals surface area (Å²) >= 11 is 0. The van der Waals surface area contributed by atoms with E-state index in [1.807, 2.05) is 6.92 Å². The highest BCUT2D eigenvalue weighted by Gasteiger charge is 2.24. The molecule has 1 amide bonds. The van der Waals surface area contributed by atoms with Crippen LogP contribution in [0.3, 0.4) is 0 Å². The van der Waals surface area contributed by atoms with Crippen molar-refractivity contribution in [2.45, 2.75) is 32.7 Å². The fourth-order valence-corrected chi connectivity index (χ4v) is 2.04. The molecule has 2 unspecified atom stereocenters. The van der Waals surface area contributed by atoms with Crippen LogP contribution < -0.4 is 11.1 Å². The van der Waals surface area contributed by atoms with Gasteiger partial charge in [-0.05, 0) is 32.7 Å². The van der Waals surface area contributed by atoms with Crippen LogP contribution in [-0.4, -0.2) is 43.0 Å². The number of hydrogen-bond donors (Lipinski definition) is 2. The lowest BCUT2D eigenvalue weighted by Gasteiger charge is -2.17. The molecule has 0 aromatic carbocycles. The van der Waals surface area contributed by atoms with Gasteiger partial charge in [-0.2, -0.15) is 0 Å². The Morgan fingerprint density at radius 1 is 1.67 bits per heavy atom. The van der Waals surface area contributed by atoms with Crippen molar-refractivity contribution < 1.29 is 4.79 Å². The van der Waals surface area contributed by atoms with Gasteiger partial charge in [-0.1, -0.05) is 0 Å². The zero-order valence-corrected chi connectivity index (χ0v) is 9.83. The average molecular weight is 213 g/mol. The average Bonchev–Trinajstić information content (AvgIpc) is 2.63. The Morgan fingerprint density at radius 3 is 2.93 bits per heavy atom. The third kappa shape index (κ3) is 4.18. The van der Waals surface area contributed by atoms with Crippen LogP contribution in [0.1, 0.15) is 26.7 Å². The molecule has 0 aromatic heterocycles. The van der Waals surface area contributed by atoms with Gasteiger partial charge in [0.2, 0.25) is 5.91 Å². The van der Waals surface area contributed by atoms with Gasteiger partial charge in [0.05, 0.1) is 0 Å². The van der Waals surface area contributed by atoms with Crippen LogP contribution in [-0.2, 0) is 4.79 Å². The summed E-state index contributed by atoms with van der Waals surface area (Å²) in [7, 11) is 0. The molecule has 0 radical (unpaired) electrons. The van der Waals surface area contributed by atoms with Crippen molar-refractivity contribution in [3.05, 3.63) is 0 Å². The number of hydrogen-bond acceptors (Lipinski definition) is 3. The Kier molecular flexibility index (Phi) is 5.05. The first-order valence-corrected chi connectivity index (χ1v) is 5.88. The predicted molar refractivity (Wildman–Crippen MR) is 61.5 cm³/mol. The molecular formula is C11H23N3O. The molecule has 0 aromatic rings. The Bertz CT molecular complexity index is 206. The van der Waals surface area contributed by atoms with Crippen LogP contribution in [0.5, 0.6) is 0 Å². The maximum Gasteiger partial charge on any atom is 0.221 e. The van der Waals surface area contributed by atoms with Gasteiger partial charge in [0.25, 0.3) is 0 Å². The van der Waals surface area contributed by atoms with Crippen LogP contribution in [0.25, 0.3) is 0 Å². The van der Waals surface area contributed by atoms with Gasteiger partial charge in [-0.25, -0.2) is 0 Å². The van der Waals surface area contributed by atoms with E-state index in [-0.39, 0.29) is 11.9 Å². The second-order valence-electron chi connectivity index (χ2n) is 4.41. The largest absolute Gasteiger partial charge is 0.356 e. The highest BCUT2D eigenvalue weighted by Crippen LogP contribution is 2.18. The van der Waals surface area contributed by atoms with E-state index >= 15 is 0 Å². The molecule has 0 saturated carbocycles. The lowest BCUT2D eigenvalue weighted by molar-refractivity contribution is -0.121. The van der Waals surface area contributed by atoms with Gasteiger partial charge in [0.1, 0.15) is 0 Å². The summed E-state index contributed by atoms with van der Waals surface area (Å²) in [5, 5.41) is 2.81. The molecule has 3 N–H and O–H groups in total. The van der Waals surface area contributed by atoms with Gasteiger partial charge in [-0.3, -0.25) is 4.79 Å². The van der Waals surface area contributed by atoms with E-state index in [0.717, 1.165) is 26.2 Å². The maximum atomic E-state index is 11.3. The zero-order valence-electron chi connectivity index (χ0n) is 9.83. The first-order valence-electron chi connectivity index (χ1n) is 5.88. The lowest BCUT2D eigenvalue weighted by Crippen LogP contribution is -2.32. The predicted octanol–water partition coefficient (Wildman–Crippen LogP) is 0.182. The SMILES string of the molecule is CCNC(=O)CCN1CCC(C(C)N)C1. The molecule has 0 bridgehead atoms. The van der Waals surface area contributed by atoms with Crippen molar-refractivity contribution in [1.82, 2.24) is 10.2 Å². The molecule has 1 fully saturated rings. The minimum absolute atomic E-state index is 0.154. The highest BCUT2D eigenvalue weighted by molar-refractivity contribution is 5.75. The van der Waals surface area contributed by atoms with Crippen LogP contribution >= 0.6 is 0 Å². The molecule has 1 heterocycles. The standard InChI is InChI=1S/C11H23N3O/c1-3-13-11(15)5-7-14-6-4-10(8-14)9(2)12/h9-10H,3-8,12H2,1-2H3,(H,13,15). The van der Waals surface area contributed by atoms with E-state index < -0.39 is 0 Å². The second kappa shape index (κ2) is 6.08. The number of nitrogens with one attached hydrogen (secondary N) is 1. The molecular weight excluding hydrogens is 190 g/mol. The summed E-state index contributed by atoms with van der Waals surface area (Å²) < 4.78 is 0. The number of carbonyl (C=O) groups is 1. The molecule has 88 valence electrons. The molecule has 1 aliphatic rings. The maximum absolute atomic E-state index is 11.3. The van der Waals surface area contributed by atoms with Crippen molar-refractivity contribution in [3.63, 3.8) is 0 Å². The van der Waals surface area contributed by atoms with Crippen molar-refractivity contribution >= 4 is 5.91 Å². The van der Waals surface area contributed by atoms with E-state index in [2.05, 4.69) is 17.1 Å².